The van der Waals surface area contributed by atoms with E-state index >= 15 is 0 Å². The molecule has 1 aromatic carbocycles. The van der Waals surface area contributed by atoms with E-state index in [2.05, 4.69) is 17.4 Å². The van der Waals surface area contributed by atoms with Gasteiger partial charge in [0.25, 0.3) is 5.91 Å². The van der Waals surface area contributed by atoms with E-state index in [1.54, 1.807) is 19.1 Å². The Kier molecular flexibility index (Phi) is 5.17. The molecule has 1 atom stereocenters. The topological polar surface area (TPSA) is 87.7 Å². The van der Waals surface area contributed by atoms with Crippen molar-refractivity contribution in [3.8, 4) is 0 Å². The number of benzene rings is 1. The number of aryl methyl sites for hydroxylation is 1. The van der Waals surface area contributed by atoms with Crippen LogP contribution in [0.5, 0.6) is 0 Å². The third-order valence-electron chi connectivity index (χ3n) is 2.81. The SMILES string of the molecule is CCc1ccc(C(=O)NCC(C)C(N)=NO)cc1. The molecule has 4 N–H and O–H groups in total. The first kappa shape index (κ1) is 14.0. The molecule has 5 heteroatoms. The van der Waals surface area contributed by atoms with E-state index in [0.29, 0.717) is 12.1 Å². The molecular weight excluding hydrogens is 230 g/mol. The normalized spacial score (nSPS) is 13.1. The van der Waals surface area contributed by atoms with Gasteiger partial charge in [0.2, 0.25) is 0 Å². The van der Waals surface area contributed by atoms with Crippen molar-refractivity contribution in [3.63, 3.8) is 0 Å². The molecule has 0 saturated heterocycles. The Labute approximate surface area is 107 Å². The fraction of sp³-hybridized carbons (Fsp3) is 0.385. The maximum Gasteiger partial charge on any atom is 0.251 e. The molecule has 0 aliphatic heterocycles. The molecule has 0 fully saturated rings. The van der Waals surface area contributed by atoms with E-state index in [-0.39, 0.29) is 17.7 Å². The van der Waals surface area contributed by atoms with Gasteiger partial charge < -0.3 is 16.3 Å². The molecule has 0 radical (unpaired) electrons. The molecule has 5 nitrogen and oxygen atoms in total. The highest BCUT2D eigenvalue weighted by atomic mass is 16.4. The average Bonchev–Trinajstić information content (AvgIpc) is 2.43. The third-order valence-corrected chi connectivity index (χ3v) is 2.81. The summed E-state index contributed by atoms with van der Waals surface area (Å²) in [5.74, 6) is -0.249. The predicted molar refractivity (Wildman–Crippen MR) is 70.7 cm³/mol. The van der Waals surface area contributed by atoms with E-state index in [4.69, 9.17) is 10.9 Å². The van der Waals surface area contributed by atoms with Crippen molar-refractivity contribution in [3.05, 3.63) is 35.4 Å². The van der Waals surface area contributed by atoms with Crippen molar-refractivity contribution in [1.29, 1.82) is 0 Å². The number of nitrogens with one attached hydrogen (secondary N) is 1. The van der Waals surface area contributed by atoms with Gasteiger partial charge in [-0.1, -0.05) is 31.1 Å². The number of oxime groups is 1. The van der Waals surface area contributed by atoms with Gasteiger partial charge >= 0.3 is 0 Å². The first-order chi connectivity index (χ1) is 8.58. The second-order valence-corrected chi connectivity index (χ2v) is 4.19. The van der Waals surface area contributed by atoms with Crippen LogP contribution in [0.3, 0.4) is 0 Å². The molecule has 0 spiro atoms. The second-order valence-electron chi connectivity index (χ2n) is 4.19. The van der Waals surface area contributed by atoms with Crippen LogP contribution < -0.4 is 11.1 Å². The van der Waals surface area contributed by atoms with Gasteiger partial charge in [-0.15, -0.1) is 0 Å². The van der Waals surface area contributed by atoms with E-state index in [9.17, 15) is 4.79 Å². The van der Waals surface area contributed by atoms with Gasteiger partial charge in [-0.25, -0.2) is 0 Å². The van der Waals surface area contributed by atoms with E-state index in [1.165, 1.54) is 5.56 Å². The lowest BCUT2D eigenvalue weighted by atomic mass is 10.1. The largest absolute Gasteiger partial charge is 0.409 e. The predicted octanol–water partition coefficient (Wildman–Crippen LogP) is 1.36. The zero-order chi connectivity index (χ0) is 13.5. The highest BCUT2D eigenvalue weighted by molar-refractivity contribution is 5.94. The van der Waals surface area contributed by atoms with Crippen LogP contribution in [0.2, 0.25) is 0 Å². The molecular formula is C13H19N3O2. The number of amides is 1. The number of carbonyl (C=O) groups excluding carboxylic acids is 1. The number of rotatable bonds is 5. The van der Waals surface area contributed by atoms with Crippen molar-refractivity contribution >= 4 is 11.7 Å². The van der Waals surface area contributed by atoms with Crippen LogP contribution >= 0.6 is 0 Å². The molecule has 1 aromatic rings. The Hall–Kier alpha value is -2.04. The summed E-state index contributed by atoms with van der Waals surface area (Å²) in [4.78, 5) is 11.8. The summed E-state index contributed by atoms with van der Waals surface area (Å²) in [6.07, 6.45) is 0.947. The Morgan fingerprint density at radius 1 is 1.44 bits per heavy atom. The molecule has 1 amide bonds. The van der Waals surface area contributed by atoms with Crippen LogP contribution in [0.4, 0.5) is 0 Å². The van der Waals surface area contributed by atoms with Crippen LogP contribution in [0.25, 0.3) is 0 Å². The van der Waals surface area contributed by atoms with Crippen LogP contribution in [0.15, 0.2) is 29.4 Å². The van der Waals surface area contributed by atoms with Gasteiger partial charge in [0.15, 0.2) is 0 Å². The Morgan fingerprint density at radius 3 is 2.56 bits per heavy atom. The van der Waals surface area contributed by atoms with Crippen molar-refractivity contribution in [2.75, 3.05) is 6.54 Å². The molecule has 0 aromatic heterocycles. The van der Waals surface area contributed by atoms with Crippen LogP contribution in [0.1, 0.15) is 29.8 Å². The summed E-state index contributed by atoms with van der Waals surface area (Å²) in [5, 5.41) is 14.1. The van der Waals surface area contributed by atoms with Gasteiger partial charge in [-0.2, -0.15) is 0 Å². The number of hydrogen-bond acceptors (Lipinski definition) is 3. The number of hydrogen-bond donors (Lipinski definition) is 3. The third kappa shape index (κ3) is 3.76. The van der Waals surface area contributed by atoms with Gasteiger partial charge in [-0.3, -0.25) is 4.79 Å². The monoisotopic (exact) mass is 249 g/mol. The number of nitrogens with two attached hydrogens (primary N) is 1. The molecule has 0 aliphatic carbocycles. The lowest BCUT2D eigenvalue weighted by Gasteiger charge is -2.11. The van der Waals surface area contributed by atoms with Crippen molar-refractivity contribution in [2.45, 2.75) is 20.3 Å². The minimum atomic E-state index is -0.200. The van der Waals surface area contributed by atoms with E-state index in [1.807, 2.05) is 12.1 Å². The van der Waals surface area contributed by atoms with Crippen molar-refractivity contribution < 1.29 is 10.0 Å². The fourth-order valence-corrected chi connectivity index (χ4v) is 1.44. The summed E-state index contributed by atoms with van der Waals surface area (Å²) in [6.45, 7) is 4.17. The Balaban J connectivity index is 2.55. The van der Waals surface area contributed by atoms with Crippen molar-refractivity contribution in [1.82, 2.24) is 5.32 Å². The molecule has 0 aliphatic rings. The molecule has 0 bridgehead atoms. The van der Waals surface area contributed by atoms with Crippen LogP contribution in [-0.2, 0) is 6.42 Å². The second kappa shape index (κ2) is 6.64. The number of amidine groups is 1. The van der Waals surface area contributed by atoms with E-state index < -0.39 is 0 Å². The number of carbonyl (C=O) groups is 1. The quantitative estimate of drug-likeness (QED) is 0.318. The van der Waals surface area contributed by atoms with Gasteiger partial charge in [-0.05, 0) is 24.1 Å². The molecule has 98 valence electrons. The van der Waals surface area contributed by atoms with Crippen LogP contribution in [-0.4, -0.2) is 23.5 Å². The maximum absolute atomic E-state index is 11.8. The molecule has 0 heterocycles. The fourth-order valence-electron chi connectivity index (χ4n) is 1.44. The summed E-state index contributed by atoms with van der Waals surface area (Å²) < 4.78 is 0. The standard InChI is InChI=1S/C13H19N3O2/c1-3-10-4-6-11(7-5-10)13(17)15-8-9(2)12(14)16-18/h4-7,9,18H,3,8H2,1-2H3,(H2,14,16)(H,15,17). The molecule has 18 heavy (non-hydrogen) atoms. The summed E-state index contributed by atoms with van der Waals surface area (Å²) >= 11 is 0. The minimum absolute atomic E-state index is 0.108. The molecule has 1 rings (SSSR count). The highest BCUT2D eigenvalue weighted by Crippen LogP contribution is 2.05. The molecule has 0 saturated carbocycles. The van der Waals surface area contributed by atoms with E-state index in [0.717, 1.165) is 6.42 Å². The zero-order valence-corrected chi connectivity index (χ0v) is 10.7. The highest BCUT2D eigenvalue weighted by Gasteiger charge is 2.10. The number of nitrogens with zero attached hydrogens (tertiary/aromatic N) is 1. The molecule has 1 unspecified atom stereocenters. The summed E-state index contributed by atoms with van der Waals surface area (Å²) in [7, 11) is 0. The lowest BCUT2D eigenvalue weighted by Crippen LogP contribution is -2.34. The van der Waals surface area contributed by atoms with Gasteiger partial charge in [0.1, 0.15) is 5.84 Å². The average molecular weight is 249 g/mol. The lowest BCUT2D eigenvalue weighted by molar-refractivity contribution is 0.0951. The summed E-state index contributed by atoms with van der Waals surface area (Å²) in [5.41, 5.74) is 7.23. The van der Waals surface area contributed by atoms with Gasteiger partial charge in [0, 0.05) is 18.0 Å². The Morgan fingerprint density at radius 2 is 2.06 bits per heavy atom. The van der Waals surface area contributed by atoms with Crippen LogP contribution in [0, 0.1) is 5.92 Å². The van der Waals surface area contributed by atoms with Crippen molar-refractivity contribution in [2.24, 2.45) is 16.8 Å². The minimum Gasteiger partial charge on any atom is -0.409 e. The smallest absolute Gasteiger partial charge is 0.251 e. The Bertz CT molecular complexity index is 426. The zero-order valence-electron chi connectivity index (χ0n) is 10.7. The first-order valence-electron chi connectivity index (χ1n) is 5.93. The first-order valence-corrected chi connectivity index (χ1v) is 5.93. The summed E-state index contributed by atoms with van der Waals surface area (Å²) in [6, 6.07) is 7.45. The maximum atomic E-state index is 11.8. The van der Waals surface area contributed by atoms with Gasteiger partial charge in [0.05, 0.1) is 0 Å².